The van der Waals surface area contributed by atoms with E-state index in [0.29, 0.717) is 18.7 Å². The first-order valence-corrected chi connectivity index (χ1v) is 13.1. The number of methoxy groups -OCH3 is 2. The van der Waals surface area contributed by atoms with Crippen LogP contribution in [-0.2, 0) is 11.2 Å². The Bertz CT molecular complexity index is 1340. The lowest BCUT2D eigenvalue weighted by atomic mass is 10.1. The smallest absolute Gasteiger partial charge is 0.253 e. The van der Waals surface area contributed by atoms with E-state index in [4.69, 9.17) is 19.2 Å². The summed E-state index contributed by atoms with van der Waals surface area (Å²) < 4.78 is 18.9. The summed E-state index contributed by atoms with van der Waals surface area (Å²) in [6, 6.07) is 13.5. The van der Waals surface area contributed by atoms with Crippen molar-refractivity contribution in [3.05, 3.63) is 70.9 Å². The Balaban J connectivity index is 1.38. The number of nitrogens with zero attached hydrogens (tertiary/aromatic N) is 3. The van der Waals surface area contributed by atoms with Gasteiger partial charge < -0.3 is 19.1 Å². The van der Waals surface area contributed by atoms with Gasteiger partial charge in [0.15, 0.2) is 4.96 Å². The minimum absolute atomic E-state index is 0.0458. The molecule has 1 saturated heterocycles. The van der Waals surface area contributed by atoms with Crippen LogP contribution in [0.2, 0.25) is 0 Å². The molecule has 4 aromatic rings. The van der Waals surface area contributed by atoms with Crippen LogP contribution in [0.1, 0.15) is 34.5 Å². The van der Waals surface area contributed by atoms with Crippen molar-refractivity contribution in [1.29, 1.82) is 0 Å². The fourth-order valence-electron chi connectivity index (χ4n) is 4.59. The Labute approximate surface area is 215 Å². The van der Waals surface area contributed by atoms with Gasteiger partial charge in [-0.1, -0.05) is 17.7 Å². The summed E-state index contributed by atoms with van der Waals surface area (Å²) in [5, 5.41) is 2.12. The third-order valence-corrected chi connectivity index (χ3v) is 7.53. The largest absolute Gasteiger partial charge is 0.497 e. The molecule has 188 valence electrons. The lowest BCUT2D eigenvalue weighted by molar-refractivity contribution is 0.0528. The summed E-state index contributed by atoms with van der Waals surface area (Å²) in [6.45, 7) is 4.01. The molecule has 7 nitrogen and oxygen atoms in total. The van der Waals surface area contributed by atoms with Gasteiger partial charge in [-0.3, -0.25) is 9.20 Å². The van der Waals surface area contributed by atoms with Crippen LogP contribution < -0.4 is 9.47 Å². The van der Waals surface area contributed by atoms with Crippen molar-refractivity contribution in [1.82, 2.24) is 14.3 Å². The monoisotopic (exact) mass is 505 g/mol. The molecule has 1 amide bonds. The van der Waals surface area contributed by atoms with Crippen LogP contribution >= 0.6 is 11.3 Å². The van der Waals surface area contributed by atoms with Crippen molar-refractivity contribution < 1.29 is 19.0 Å². The van der Waals surface area contributed by atoms with Gasteiger partial charge in [0, 0.05) is 54.5 Å². The molecule has 0 bridgehead atoms. The number of amides is 1. The van der Waals surface area contributed by atoms with Crippen molar-refractivity contribution in [2.24, 2.45) is 0 Å². The molecule has 1 fully saturated rings. The molecule has 1 aliphatic heterocycles. The quantitative estimate of drug-likeness (QED) is 0.311. The number of carbonyl (C=O) groups is 1. The van der Waals surface area contributed by atoms with Gasteiger partial charge in [-0.25, -0.2) is 4.98 Å². The van der Waals surface area contributed by atoms with E-state index < -0.39 is 0 Å². The van der Waals surface area contributed by atoms with Crippen molar-refractivity contribution in [2.75, 3.05) is 33.9 Å². The van der Waals surface area contributed by atoms with Crippen molar-refractivity contribution in [3.63, 3.8) is 0 Å². The van der Waals surface area contributed by atoms with E-state index in [9.17, 15) is 4.79 Å². The number of rotatable bonds is 9. The Hall–Kier alpha value is -3.36. The van der Waals surface area contributed by atoms with Crippen molar-refractivity contribution >= 4 is 22.2 Å². The molecule has 2 aromatic heterocycles. The Morgan fingerprint density at radius 3 is 2.75 bits per heavy atom. The lowest BCUT2D eigenvalue weighted by Gasteiger charge is -2.25. The highest BCUT2D eigenvalue weighted by molar-refractivity contribution is 7.15. The average Bonchev–Trinajstić information content (AvgIpc) is 3.64. The van der Waals surface area contributed by atoms with E-state index >= 15 is 0 Å². The number of ether oxygens (including phenoxy) is 3. The molecule has 5 rings (SSSR count). The number of carbonyl (C=O) groups excluding carboxylic acids is 1. The second kappa shape index (κ2) is 10.7. The van der Waals surface area contributed by atoms with E-state index in [1.165, 1.54) is 0 Å². The molecule has 8 heteroatoms. The van der Waals surface area contributed by atoms with Crippen LogP contribution in [0.3, 0.4) is 0 Å². The van der Waals surface area contributed by atoms with Gasteiger partial charge in [-0.15, -0.1) is 11.3 Å². The first-order chi connectivity index (χ1) is 17.6. The molecule has 0 radical (unpaired) electrons. The van der Waals surface area contributed by atoms with Crippen LogP contribution in [0.4, 0.5) is 0 Å². The molecule has 0 spiro atoms. The summed E-state index contributed by atoms with van der Waals surface area (Å²) in [5.74, 6) is 1.54. The number of fused-ring (bicyclic) bond motifs is 1. The van der Waals surface area contributed by atoms with Crippen LogP contribution in [0.5, 0.6) is 11.5 Å². The number of thiazole rings is 1. The molecule has 0 saturated carbocycles. The van der Waals surface area contributed by atoms with Gasteiger partial charge in [0.2, 0.25) is 0 Å². The molecule has 3 heterocycles. The molecule has 36 heavy (non-hydrogen) atoms. The molecule has 0 aliphatic carbocycles. The van der Waals surface area contributed by atoms with E-state index in [1.54, 1.807) is 25.6 Å². The van der Waals surface area contributed by atoms with Gasteiger partial charge in [0.05, 0.1) is 26.0 Å². The Kier molecular flexibility index (Phi) is 7.25. The van der Waals surface area contributed by atoms with Gasteiger partial charge in [-0.2, -0.15) is 0 Å². The zero-order valence-electron chi connectivity index (χ0n) is 20.9. The second-order valence-electron chi connectivity index (χ2n) is 9.07. The predicted molar refractivity (Wildman–Crippen MR) is 141 cm³/mol. The molecule has 1 aliphatic rings. The van der Waals surface area contributed by atoms with E-state index in [1.807, 2.05) is 60.5 Å². The van der Waals surface area contributed by atoms with E-state index in [2.05, 4.69) is 9.78 Å². The maximum absolute atomic E-state index is 13.4. The number of aryl methyl sites for hydroxylation is 1. The summed E-state index contributed by atoms with van der Waals surface area (Å²) in [6.07, 6.45) is 4.89. The maximum Gasteiger partial charge on any atom is 0.253 e. The van der Waals surface area contributed by atoms with Gasteiger partial charge >= 0.3 is 0 Å². The van der Waals surface area contributed by atoms with Crippen LogP contribution in [0, 0.1) is 6.92 Å². The normalized spacial score (nSPS) is 15.4. The SMILES string of the molecule is COc1ccc(OC)c(-c2cn3c(CCN(CC4CCCO4)C(=O)c4ccc(C)cc4)csc3n2)c1. The van der Waals surface area contributed by atoms with E-state index in [-0.39, 0.29) is 12.0 Å². The summed E-state index contributed by atoms with van der Waals surface area (Å²) in [7, 11) is 3.30. The zero-order valence-corrected chi connectivity index (χ0v) is 21.7. The molecule has 1 atom stereocenters. The highest BCUT2D eigenvalue weighted by Crippen LogP contribution is 2.34. The number of benzene rings is 2. The van der Waals surface area contributed by atoms with E-state index in [0.717, 1.165) is 64.8 Å². The maximum atomic E-state index is 13.4. The summed E-state index contributed by atoms with van der Waals surface area (Å²) in [4.78, 5) is 21.1. The number of hydrogen-bond donors (Lipinski definition) is 0. The number of imidazole rings is 1. The summed E-state index contributed by atoms with van der Waals surface area (Å²) in [5.41, 5.74) is 4.68. The fraction of sp³-hybridized carbons (Fsp3) is 0.357. The highest BCUT2D eigenvalue weighted by Gasteiger charge is 2.24. The fourth-order valence-corrected chi connectivity index (χ4v) is 5.50. The minimum Gasteiger partial charge on any atom is -0.497 e. The molecule has 2 aromatic carbocycles. The highest BCUT2D eigenvalue weighted by atomic mass is 32.1. The first kappa shape index (κ1) is 24.3. The standard InChI is InChI=1S/C28H31N3O4S/c1-19-6-8-20(9-7-19)27(32)30(16-23-5-4-14-35-23)13-12-21-18-36-28-29-25(17-31(21)28)24-15-22(33-2)10-11-26(24)34-3/h6-11,15,17-18,23H,4-5,12-14,16H2,1-3H3. The van der Waals surface area contributed by atoms with Crippen LogP contribution in [0.15, 0.2) is 54.0 Å². The topological polar surface area (TPSA) is 65.3 Å². The van der Waals surface area contributed by atoms with Gasteiger partial charge in [0.1, 0.15) is 11.5 Å². The lowest BCUT2D eigenvalue weighted by Crippen LogP contribution is -2.38. The Morgan fingerprint density at radius 2 is 2.03 bits per heavy atom. The number of hydrogen-bond acceptors (Lipinski definition) is 6. The third-order valence-electron chi connectivity index (χ3n) is 6.64. The Morgan fingerprint density at radius 1 is 1.19 bits per heavy atom. The molecule has 0 N–H and O–H groups in total. The zero-order chi connectivity index (χ0) is 25.1. The summed E-state index contributed by atoms with van der Waals surface area (Å²) >= 11 is 1.60. The first-order valence-electron chi connectivity index (χ1n) is 12.2. The predicted octanol–water partition coefficient (Wildman–Crippen LogP) is 5.25. The van der Waals surface area contributed by atoms with Crippen LogP contribution in [-0.4, -0.2) is 60.2 Å². The average molecular weight is 506 g/mol. The second-order valence-corrected chi connectivity index (χ2v) is 9.91. The van der Waals surface area contributed by atoms with Crippen LogP contribution in [0.25, 0.3) is 16.2 Å². The van der Waals surface area contributed by atoms with Gasteiger partial charge in [-0.05, 0) is 50.1 Å². The van der Waals surface area contributed by atoms with Gasteiger partial charge in [0.25, 0.3) is 5.91 Å². The molecular formula is C28H31N3O4S. The number of aromatic nitrogens is 2. The third kappa shape index (κ3) is 5.10. The van der Waals surface area contributed by atoms with Crippen molar-refractivity contribution in [3.8, 4) is 22.8 Å². The molecular weight excluding hydrogens is 474 g/mol. The minimum atomic E-state index is 0.0458. The van der Waals surface area contributed by atoms with Crippen molar-refractivity contribution in [2.45, 2.75) is 32.3 Å². The molecule has 1 unspecified atom stereocenters.